The number of nitrogen functional groups attached to an aromatic ring is 1. The molecule has 4 aliphatic rings. The summed E-state index contributed by atoms with van der Waals surface area (Å²) < 4.78 is -2.19. The van der Waals surface area contributed by atoms with Crippen molar-refractivity contribution in [3.8, 4) is 0 Å². The molecule has 2 amide bonds. The largest absolute Gasteiger partial charge is 0.477 e. The monoisotopic (exact) mass is 531 g/mol. The number of nitrogens with zero attached hydrogens (tertiary/aromatic N) is 2. The molecule has 1 aromatic heterocycles. The van der Waals surface area contributed by atoms with Crippen molar-refractivity contribution in [1.82, 2.24) is 10.4 Å². The third kappa shape index (κ3) is 3.21. The van der Waals surface area contributed by atoms with Gasteiger partial charge < -0.3 is 10.8 Å². The lowest BCUT2D eigenvalue weighted by molar-refractivity contribution is -0.934. The quantitative estimate of drug-likeness (QED) is 0.230. The molecule has 0 spiro atoms. The summed E-state index contributed by atoms with van der Waals surface area (Å²) in [6.45, 7) is 7.67. The van der Waals surface area contributed by atoms with E-state index in [1.807, 2.05) is 5.38 Å². The summed E-state index contributed by atoms with van der Waals surface area (Å²) in [5.41, 5.74) is 9.68. The minimum atomic E-state index is -1.11. The van der Waals surface area contributed by atoms with E-state index in [-0.39, 0.29) is 46.9 Å². The number of alkyl halides is 2. The van der Waals surface area contributed by atoms with Crippen LogP contribution in [0.1, 0.15) is 44.7 Å². The van der Waals surface area contributed by atoms with Crippen molar-refractivity contribution in [1.29, 1.82) is 0 Å². The molecule has 2 saturated carbocycles. The molecule has 0 bridgehead atoms. The molecule has 7 atom stereocenters. The first-order valence-corrected chi connectivity index (χ1v) is 13.3. The van der Waals surface area contributed by atoms with Gasteiger partial charge in [-0.2, -0.15) is 5.43 Å². The number of anilines is 1. The second kappa shape index (κ2) is 7.34. The average Bonchev–Trinajstić information content (AvgIpc) is 2.98. The Hall–Kier alpha value is -1.33. The highest BCUT2D eigenvalue weighted by Gasteiger charge is 2.75. The first-order valence-electron chi connectivity index (χ1n) is 10.7. The number of thioether (sulfide) groups is 1. The number of nitrogens with two attached hydrogens (primary N) is 1. The van der Waals surface area contributed by atoms with Gasteiger partial charge in [-0.25, -0.2) is 14.6 Å². The fraction of sp³-hybridized carbons (Fsp3) is 0.619. The highest BCUT2D eigenvalue weighted by Crippen LogP contribution is 2.71. The Balaban J connectivity index is 1.44. The molecule has 4 fully saturated rings. The first-order chi connectivity index (χ1) is 15.3. The van der Waals surface area contributed by atoms with Gasteiger partial charge in [-0.1, -0.05) is 18.3 Å². The summed E-state index contributed by atoms with van der Waals surface area (Å²) in [6.07, 6.45) is 1.60. The number of thiazole rings is 1. The number of β-lactam (4-membered cyclic amide) rings is 1. The van der Waals surface area contributed by atoms with Crippen LogP contribution >= 0.6 is 46.3 Å². The molecule has 4 N–H and O–H groups in total. The van der Waals surface area contributed by atoms with Gasteiger partial charge >= 0.3 is 11.9 Å². The van der Waals surface area contributed by atoms with Crippen LogP contribution in [0.15, 0.2) is 17.5 Å². The van der Waals surface area contributed by atoms with Crippen LogP contribution in [-0.2, 0) is 14.4 Å². The molecular weight excluding hydrogens is 507 g/mol. The summed E-state index contributed by atoms with van der Waals surface area (Å²) in [4.78, 5) is 42.9. The number of hydrogen-bond acceptors (Lipinski definition) is 7. The summed E-state index contributed by atoms with van der Waals surface area (Å²) >= 11 is 15.9. The number of aromatic nitrogens is 1. The summed E-state index contributed by atoms with van der Waals surface area (Å²) in [5.74, 6) is -2.44. The van der Waals surface area contributed by atoms with Gasteiger partial charge in [0.2, 0.25) is 6.04 Å². The molecule has 2 aliphatic heterocycles. The molecule has 33 heavy (non-hydrogen) atoms. The molecule has 3 heterocycles. The number of aliphatic carboxylic acids is 1. The predicted molar refractivity (Wildman–Crippen MR) is 127 cm³/mol. The van der Waals surface area contributed by atoms with Gasteiger partial charge in [-0.3, -0.25) is 4.79 Å². The predicted octanol–water partition coefficient (Wildman–Crippen LogP) is 3.28. The minimum Gasteiger partial charge on any atom is -0.477 e. The zero-order chi connectivity index (χ0) is 24.1. The van der Waals surface area contributed by atoms with Crippen molar-refractivity contribution in [3.05, 3.63) is 23.2 Å². The van der Waals surface area contributed by atoms with Crippen LogP contribution in [0.5, 0.6) is 0 Å². The summed E-state index contributed by atoms with van der Waals surface area (Å²) in [6, 6.07) is -1.09. The highest BCUT2D eigenvalue weighted by molar-refractivity contribution is 8.01. The number of halogens is 2. The Morgan fingerprint density at radius 1 is 1.36 bits per heavy atom. The second-order valence-corrected chi connectivity index (χ2v) is 14.1. The van der Waals surface area contributed by atoms with E-state index in [0.29, 0.717) is 11.6 Å². The third-order valence-corrected chi connectivity index (χ3v) is 11.1. The average molecular weight is 532 g/mol. The van der Waals surface area contributed by atoms with Crippen LogP contribution in [0, 0.1) is 17.8 Å². The molecule has 178 valence electrons. The fourth-order valence-electron chi connectivity index (χ4n) is 6.21. The number of hydrogen-bond donors (Lipinski definition) is 3. The molecule has 5 unspecified atom stereocenters. The summed E-state index contributed by atoms with van der Waals surface area (Å²) in [7, 11) is 0. The topological polar surface area (TPSA) is 122 Å². The van der Waals surface area contributed by atoms with Gasteiger partial charge in [-0.05, 0) is 38.5 Å². The number of amides is 2. The van der Waals surface area contributed by atoms with Gasteiger partial charge in [0, 0.05) is 22.8 Å². The zero-order valence-corrected chi connectivity index (χ0v) is 21.2. The van der Waals surface area contributed by atoms with E-state index in [4.69, 9.17) is 28.9 Å². The van der Waals surface area contributed by atoms with Gasteiger partial charge in [0.25, 0.3) is 5.91 Å². The molecule has 0 radical (unpaired) electrons. The highest BCUT2D eigenvalue weighted by atomic mass is 35.5. The van der Waals surface area contributed by atoms with Crippen LogP contribution in [-0.4, -0.2) is 53.0 Å². The molecule has 1 aromatic rings. The van der Waals surface area contributed by atoms with E-state index in [0.717, 1.165) is 12.1 Å². The maximum Gasteiger partial charge on any atom is 0.367 e. The fourth-order valence-corrected chi connectivity index (χ4v) is 9.54. The smallest absolute Gasteiger partial charge is 0.367 e. The Labute approximate surface area is 209 Å². The molecular formula is C21H25Cl2N4O4S2+. The van der Waals surface area contributed by atoms with Gasteiger partial charge in [0.05, 0.1) is 10.4 Å². The van der Waals surface area contributed by atoms with Gasteiger partial charge in [-0.15, -0.1) is 39.1 Å². The summed E-state index contributed by atoms with van der Waals surface area (Å²) in [5, 5.41) is 11.9. The zero-order valence-electron chi connectivity index (χ0n) is 18.1. The van der Waals surface area contributed by atoms with Crippen LogP contribution in [0.2, 0.25) is 0 Å². The van der Waals surface area contributed by atoms with Crippen molar-refractivity contribution in [2.75, 3.05) is 5.73 Å². The number of fused-ring (bicyclic) bond motifs is 2. The number of carbonyl (C=O) groups is 3. The van der Waals surface area contributed by atoms with Crippen molar-refractivity contribution >= 4 is 69.2 Å². The van der Waals surface area contributed by atoms with E-state index in [9.17, 15) is 19.5 Å². The Kier molecular flexibility index (Phi) is 5.20. The van der Waals surface area contributed by atoms with Crippen LogP contribution in [0.4, 0.5) is 5.13 Å². The van der Waals surface area contributed by atoms with Crippen LogP contribution < -0.4 is 11.2 Å². The van der Waals surface area contributed by atoms with Gasteiger partial charge in [0.15, 0.2) is 10.5 Å². The Morgan fingerprint density at radius 2 is 2.06 bits per heavy atom. The normalized spacial score (nSPS) is 39.7. The number of quaternary nitrogens is 1. The molecule has 0 aromatic carbocycles. The molecule has 5 rings (SSSR count). The lowest BCUT2D eigenvalue weighted by atomic mass is 9.74. The molecule has 2 aliphatic carbocycles. The number of carboxylic acid groups (broad SMARTS) is 1. The lowest BCUT2D eigenvalue weighted by Gasteiger charge is -2.45. The van der Waals surface area contributed by atoms with E-state index in [1.165, 1.54) is 23.1 Å². The van der Waals surface area contributed by atoms with Crippen molar-refractivity contribution in [3.63, 3.8) is 0 Å². The number of rotatable bonds is 5. The molecule has 2 saturated heterocycles. The standard InChI is InChI=1S/C21H24Cl2N4O4S2/c1-8(9-4-5-10-15(21(10,22)23)14(9)11-7-32-19(24)25-11)17(29)26-27-12(28)6-13(27)33-20(2,3)16(27)18(30)31/h7,9-10,13-16H,1,4-6H2,2-3H3,(H3-,24,25,26,29,30,31)/p+1/t9?,10?,13-,14?,15?,16+,27?/m1/s1. The number of carboxylic acids is 1. The van der Waals surface area contributed by atoms with Crippen LogP contribution in [0.3, 0.4) is 0 Å². The van der Waals surface area contributed by atoms with E-state index in [1.54, 1.807) is 13.8 Å². The van der Waals surface area contributed by atoms with Crippen molar-refractivity contribution in [2.45, 2.75) is 59.5 Å². The number of nitrogens with one attached hydrogen (secondary N) is 1. The maximum atomic E-state index is 13.5. The number of carbonyl (C=O) groups excluding carboxylic acids is 2. The second-order valence-electron chi connectivity index (χ2n) is 9.89. The maximum absolute atomic E-state index is 13.5. The Morgan fingerprint density at radius 3 is 2.64 bits per heavy atom. The Bertz CT molecular complexity index is 1090. The SMILES string of the molecule is C=C(C(=O)N[N+]12C(=O)C[C@H]1SC(C)(C)[C@@H]2C(=O)O)C1CCC2C(C1c1csc(N)n1)C2(Cl)Cl. The van der Waals surface area contributed by atoms with Crippen molar-refractivity contribution < 1.29 is 24.1 Å². The van der Waals surface area contributed by atoms with Crippen LogP contribution in [0.25, 0.3) is 0 Å². The first kappa shape index (κ1) is 23.4. The molecule has 8 nitrogen and oxygen atoms in total. The van der Waals surface area contributed by atoms with E-state index >= 15 is 0 Å². The lowest BCUT2D eigenvalue weighted by Crippen LogP contribution is -2.79. The molecule has 12 heteroatoms. The minimum absolute atomic E-state index is 0.0795. The van der Waals surface area contributed by atoms with Gasteiger partial charge in [0.1, 0.15) is 10.8 Å². The van der Waals surface area contributed by atoms with E-state index in [2.05, 4.69) is 17.0 Å². The third-order valence-electron chi connectivity index (χ3n) is 7.73. The van der Waals surface area contributed by atoms with Crippen molar-refractivity contribution in [2.24, 2.45) is 17.8 Å². The van der Waals surface area contributed by atoms with E-state index < -0.39 is 31.6 Å².